The molecule has 0 radical (unpaired) electrons. The molecule has 2 aromatic rings. The van der Waals surface area contributed by atoms with Crippen LogP contribution in [0.15, 0.2) is 58.8 Å². The van der Waals surface area contributed by atoms with E-state index in [2.05, 4.69) is 20.3 Å². The molecule has 5 heteroatoms. The number of benzene rings is 2. The number of nitrogens with zero attached hydrogens (tertiary/aromatic N) is 2. The molecular formula is C15H15N3O2. The lowest BCUT2D eigenvalue weighted by atomic mass is 10.2. The Kier molecular flexibility index (Phi) is 4.44. The van der Waals surface area contributed by atoms with Gasteiger partial charge < -0.3 is 10.1 Å². The van der Waals surface area contributed by atoms with Crippen molar-refractivity contribution >= 4 is 23.0 Å². The Morgan fingerprint density at radius 2 is 1.45 bits per heavy atom. The fourth-order valence-electron chi connectivity index (χ4n) is 1.59. The van der Waals surface area contributed by atoms with E-state index in [0.717, 1.165) is 11.4 Å². The summed E-state index contributed by atoms with van der Waals surface area (Å²) in [4.78, 5) is 11.3. The molecule has 1 N–H and O–H groups in total. The highest BCUT2D eigenvalue weighted by molar-refractivity contribution is 5.89. The average molecular weight is 269 g/mol. The largest absolute Gasteiger partial charge is 0.465 e. The zero-order valence-corrected chi connectivity index (χ0v) is 11.3. The van der Waals surface area contributed by atoms with Crippen LogP contribution in [0.1, 0.15) is 10.4 Å². The number of hydrogen-bond acceptors (Lipinski definition) is 5. The van der Waals surface area contributed by atoms with Crippen LogP contribution in [0.25, 0.3) is 0 Å². The Balaban J connectivity index is 2.08. The van der Waals surface area contributed by atoms with Crippen LogP contribution in [0, 0.1) is 0 Å². The normalized spacial score (nSPS) is 10.5. The van der Waals surface area contributed by atoms with E-state index in [-0.39, 0.29) is 5.97 Å². The van der Waals surface area contributed by atoms with Crippen LogP contribution in [0.3, 0.4) is 0 Å². The highest BCUT2D eigenvalue weighted by atomic mass is 16.5. The summed E-state index contributed by atoms with van der Waals surface area (Å²) in [6, 6.07) is 14.4. The van der Waals surface area contributed by atoms with Crippen molar-refractivity contribution in [1.82, 2.24) is 0 Å². The smallest absolute Gasteiger partial charge is 0.337 e. The minimum Gasteiger partial charge on any atom is -0.465 e. The van der Waals surface area contributed by atoms with E-state index in [9.17, 15) is 4.79 Å². The Hall–Kier alpha value is -2.69. The molecule has 102 valence electrons. The number of ether oxygens (including phenoxy) is 1. The summed E-state index contributed by atoms with van der Waals surface area (Å²) in [5.41, 5.74) is 2.95. The lowest BCUT2D eigenvalue weighted by Gasteiger charge is -1.99. The number of rotatable bonds is 4. The van der Waals surface area contributed by atoms with Crippen LogP contribution in [0.4, 0.5) is 17.1 Å². The number of anilines is 1. The second-order valence-electron chi connectivity index (χ2n) is 4.04. The number of azo groups is 1. The molecular weight excluding hydrogens is 254 g/mol. The van der Waals surface area contributed by atoms with Gasteiger partial charge in [0, 0.05) is 12.7 Å². The zero-order valence-electron chi connectivity index (χ0n) is 11.3. The van der Waals surface area contributed by atoms with E-state index in [0.29, 0.717) is 11.3 Å². The number of methoxy groups -OCH3 is 1. The molecule has 0 bridgehead atoms. The van der Waals surface area contributed by atoms with E-state index < -0.39 is 0 Å². The van der Waals surface area contributed by atoms with Crippen LogP contribution < -0.4 is 5.32 Å². The summed E-state index contributed by atoms with van der Waals surface area (Å²) in [5, 5.41) is 11.3. The molecule has 2 aromatic carbocycles. The lowest BCUT2D eigenvalue weighted by molar-refractivity contribution is 0.0601. The van der Waals surface area contributed by atoms with Crippen molar-refractivity contribution in [1.29, 1.82) is 0 Å². The van der Waals surface area contributed by atoms with Gasteiger partial charge in [-0.25, -0.2) is 4.79 Å². The van der Waals surface area contributed by atoms with E-state index in [4.69, 9.17) is 0 Å². The molecule has 0 aliphatic rings. The van der Waals surface area contributed by atoms with E-state index in [1.807, 2.05) is 31.3 Å². The highest BCUT2D eigenvalue weighted by Gasteiger charge is 2.03. The monoisotopic (exact) mass is 269 g/mol. The van der Waals surface area contributed by atoms with Gasteiger partial charge in [-0.05, 0) is 48.5 Å². The van der Waals surface area contributed by atoms with Crippen molar-refractivity contribution in [3.8, 4) is 0 Å². The molecule has 2 rings (SSSR count). The molecule has 0 saturated heterocycles. The molecule has 0 unspecified atom stereocenters. The van der Waals surface area contributed by atoms with Crippen molar-refractivity contribution < 1.29 is 9.53 Å². The third-order valence-electron chi connectivity index (χ3n) is 2.73. The van der Waals surface area contributed by atoms with Crippen LogP contribution in [-0.4, -0.2) is 20.1 Å². The van der Waals surface area contributed by atoms with Crippen molar-refractivity contribution in [2.45, 2.75) is 0 Å². The van der Waals surface area contributed by atoms with Crippen molar-refractivity contribution in [2.24, 2.45) is 10.2 Å². The summed E-state index contributed by atoms with van der Waals surface area (Å²) >= 11 is 0. The first-order chi connectivity index (χ1) is 9.72. The Morgan fingerprint density at radius 3 is 1.90 bits per heavy atom. The first kappa shape index (κ1) is 13.7. The maximum atomic E-state index is 11.3. The number of carbonyl (C=O) groups is 1. The molecule has 5 nitrogen and oxygen atoms in total. The molecule has 0 aromatic heterocycles. The number of hydrogen-bond donors (Lipinski definition) is 1. The summed E-state index contributed by atoms with van der Waals surface area (Å²) in [6.07, 6.45) is 0. The Morgan fingerprint density at radius 1 is 0.950 bits per heavy atom. The first-order valence-corrected chi connectivity index (χ1v) is 6.11. The third kappa shape index (κ3) is 3.41. The van der Waals surface area contributed by atoms with Gasteiger partial charge in [0.15, 0.2) is 0 Å². The van der Waals surface area contributed by atoms with E-state index in [1.54, 1.807) is 24.3 Å². The minimum atomic E-state index is -0.365. The summed E-state index contributed by atoms with van der Waals surface area (Å²) in [5.74, 6) is -0.365. The SMILES string of the molecule is CNc1ccc(N=Nc2ccc(C(=O)OC)cc2)cc1. The molecule has 20 heavy (non-hydrogen) atoms. The fourth-order valence-corrected chi connectivity index (χ4v) is 1.59. The average Bonchev–Trinajstić information content (AvgIpc) is 2.53. The van der Waals surface area contributed by atoms with Crippen LogP contribution in [0.5, 0.6) is 0 Å². The third-order valence-corrected chi connectivity index (χ3v) is 2.73. The Labute approximate surface area is 117 Å². The molecule has 0 saturated carbocycles. The van der Waals surface area contributed by atoms with Gasteiger partial charge in [0.25, 0.3) is 0 Å². The number of nitrogens with one attached hydrogen (secondary N) is 1. The highest BCUT2D eigenvalue weighted by Crippen LogP contribution is 2.20. The molecule has 0 heterocycles. The second-order valence-corrected chi connectivity index (χ2v) is 4.04. The van der Waals surface area contributed by atoms with E-state index >= 15 is 0 Å². The maximum Gasteiger partial charge on any atom is 0.337 e. The van der Waals surface area contributed by atoms with Crippen LogP contribution in [0.2, 0.25) is 0 Å². The molecule has 0 atom stereocenters. The zero-order chi connectivity index (χ0) is 14.4. The van der Waals surface area contributed by atoms with Gasteiger partial charge in [-0.3, -0.25) is 0 Å². The van der Waals surface area contributed by atoms with Crippen molar-refractivity contribution in [2.75, 3.05) is 19.5 Å². The fraction of sp³-hybridized carbons (Fsp3) is 0.133. The van der Waals surface area contributed by atoms with Crippen LogP contribution >= 0.6 is 0 Å². The molecule has 0 spiro atoms. The van der Waals surface area contributed by atoms with Gasteiger partial charge in [-0.1, -0.05) is 0 Å². The van der Waals surface area contributed by atoms with Gasteiger partial charge in [0.2, 0.25) is 0 Å². The summed E-state index contributed by atoms with van der Waals surface area (Å²) < 4.78 is 4.63. The van der Waals surface area contributed by atoms with Gasteiger partial charge in [-0.15, -0.1) is 0 Å². The van der Waals surface area contributed by atoms with Gasteiger partial charge in [-0.2, -0.15) is 10.2 Å². The van der Waals surface area contributed by atoms with Crippen LogP contribution in [-0.2, 0) is 4.74 Å². The molecule has 0 aliphatic carbocycles. The predicted octanol–water partition coefficient (Wildman–Crippen LogP) is 3.93. The number of carbonyl (C=O) groups excluding carboxylic acids is 1. The summed E-state index contributed by atoms with van der Waals surface area (Å²) in [6.45, 7) is 0. The standard InChI is InChI=1S/C15H15N3O2/c1-16-12-7-9-14(10-8-12)18-17-13-5-3-11(4-6-13)15(19)20-2/h3-10,16H,1-2H3. The van der Waals surface area contributed by atoms with Gasteiger partial charge in [0.1, 0.15) is 0 Å². The first-order valence-electron chi connectivity index (χ1n) is 6.11. The topological polar surface area (TPSA) is 63.0 Å². The van der Waals surface area contributed by atoms with Crippen molar-refractivity contribution in [3.63, 3.8) is 0 Å². The van der Waals surface area contributed by atoms with Gasteiger partial charge >= 0.3 is 5.97 Å². The summed E-state index contributed by atoms with van der Waals surface area (Å²) in [7, 11) is 3.21. The molecule has 0 fully saturated rings. The molecule has 0 aliphatic heterocycles. The predicted molar refractivity (Wildman–Crippen MR) is 77.9 cm³/mol. The maximum absolute atomic E-state index is 11.3. The lowest BCUT2D eigenvalue weighted by Crippen LogP contribution is -1.99. The van der Waals surface area contributed by atoms with E-state index in [1.165, 1.54) is 7.11 Å². The molecule has 0 amide bonds. The quantitative estimate of drug-likeness (QED) is 0.675. The Bertz CT molecular complexity index is 604. The van der Waals surface area contributed by atoms with Gasteiger partial charge in [0.05, 0.1) is 24.0 Å². The minimum absolute atomic E-state index is 0.365. The second kappa shape index (κ2) is 6.47. The number of esters is 1. The van der Waals surface area contributed by atoms with Crippen molar-refractivity contribution in [3.05, 3.63) is 54.1 Å².